The molecular formula is C11H18N2OS. The highest BCUT2D eigenvalue weighted by atomic mass is 32.1. The summed E-state index contributed by atoms with van der Waals surface area (Å²) in [5, 5.41) is 9.04. The molecule has 0 bridgehead atoms. The SMILES string of the molecule is CNC(c1sccc1C)C1COCCN1. The van der Waals surface area contributed by atoms with Gasteiger partial charge in [0.25, 0.3) is 0 Å². The Hall–Kier alpha value is -0.420. The zero-order chi connectivity index (χ0) is 10.7. The van der Waals surface area contributed by atoms with Crippen LogP contribution in [0.2, 0.25) is 0 Å². The standard InChI is InChI=1S/C11H18N2OS/c1-8-3-6-15-11(8)10(12-2)9-7-14-5-4-13-9/h3,6,9-10,12-13H,4-5,7H2,1-2H3. The van der Waals surface area contributed by atoms with Gasteiger partial charge in [-0.25, -0.2) is 0 Å². The topological polar surface area (TPSA) is 33.3 Å². The number of aryl methyl sites for hydroxylation is 1. The van der Waals surface area contributed by atoms with Crippen molar-refractivity contribution in [2.45, 2.75) is 19.0 Å². The predicted molar refractivity (Wildman–Crippen MR) is 63.5 cm³/mol. The first-order chi connectivity index (χ1) is 7.33. The molecule has 1 aromatic rings. The van der Waals surface area contributed by atoms with E-state index in [1.165, 1.54) is 10.4 Å². The second-order valence-electron chi connectivity index (χ2n) is 3.87. The first kappa shape index (κ1) is 11.1. The summed E-state index contributed by atoms with van der Waals surface area (Å²) in [6, 6.07) is 2.93. The molecule has 2 heterocycles. The van der Waals surface area contributed by atoms with Crippen LogP contribution >= 0.6 is 11.3 Å². The van der Waals surface area contributed by atoms with Crippen molar-refractivity contribution in [2.75, 3.05) is 26.8 Å². The molecule has 15 heavy (non-hydrogen) atoms. The van der Waals surface area contributed by atoms with Gasteiger partial charge >= 0.3 is 0 Å². The van der Waals surface area contributed by atoms with Crippen molar-refractivity contribution in [2.24, 2.45) is 0 Å². The summed E-state index contributed by atoms with van der Waals surface area (Å²) in [6.45, 7) is 4.74. The lowest BCUT2D eigenvalue weighted by Gasteiger charge is -2.31. The quantitative estimate of drug-likeness (QED) is 0.815. The lowest BCUT2D eigenvalue weighted by Crippen LogP contribution is -2.48. The summed E-state index contributed by atoms with van der Waals surface area (Å²) < 4.78 is 5.50. The van der Waals surface area contributed by atoms with Crippen molar-refractivity contribution >= 4 is 11.3 Å². The van der Waals surface area contributed by atoms with Crippen LogP contribution < -0.4 is 10.6 Å². The molecule has 2 unspecified atom stereocenters. The van der Waals surface area contributed by atoms with E-state index in [-0.39, 0.29) is 0 Å². The van der Waals surface area contributed by atoms with Crippen LogP contribution in [-0.2, 0) is 4.74 Å². The van der Waals surface area contributed by atoms with E-state index in [9.17, 15) is 0 Å². The highest BCUT2D eigenvalue weighted by Crippen LogP contribution is 2.26. The Morgan fingerprint density at radius 1 is 1.67 bits per heavy atom. The number of hydrogen-bond acceptors (Lipinski definition) is 4. The summed E-state index contributed by atoms with van der Waals surface area (Å²) in [7, 11) is 2.01. The number of rotatable bonds is 3. The molecule has 1 saturated heterocycles. The average Bonchev–Trinajstić information content (AvgIpc) is 2.68. The van der Waals surface area contributed by atoms with Gasteiger partial charge in [-0.2, -0.15) is 0 Å². The van der Waals surface area contributed by atoms with Gasteiger partial charge in [0.2, 0.25) is 0 Å². The Labute approximate surface area is 94.8 Å². The molecule has 0 spiro atoms. The Morgan fingerprint density at radius 2 is 2.53 bits per heavy atom. The molecule has 1 fully saturated rings. The molecular weight excluding hydrogens is 208 g/mol. The van der Waals surface area contributed by atoms with Crippen molar-refractivity contribution in [3.05, 3.63) is 21.9 Å². The van der Waals surface area contributed by atoms with E-state index in [1.54, 1.807) is 0 Å². The smallest absolute Gasteiger partial charge is 0.0639 e. The molecule has 0 saturated carbocycles. The predicted octanol–water partition coefficient (Wildman–Crippen LogP) is 1.31. The van der Waals surface area contributed by atoms with Gasteiger partial charge in [-0.15, -0.1) is 11.3 Å². The minimum absolute atomic E-state index is 0.366. The van der Waals surface area contributed by atoms with E-state index in [0.29, 0.717) is 12.1 Å². The van der Waals surface area contributed by atoms with E-state index in [1.807, 2.05) is 18.4 Å². The van der Waals surface area contributed by atoms with Gasteiger partial charge in [0.1, 0.15) is 0 Å². The Balaban J connectivity index is 2.12. The number of nitrogens with one attached hydrogen (secondary N) is 2. The molecule has 0 aromatic carbocycles. The van der Waals surface area contributed by atoms with Gasteiger partial charge in [0, 0.05) is 11.4 Å². The molecule has 0 radical (unpaired) electrons. The normalized spacial score (nSPS) is 24.0. The summed E-state index contributed by atoms with van der Waals surface area (Å²) in [4.78, 5) is 1.42. The van der Waals surface area contributed by atoms with Crippen molar-refractivity contribution in [3.8, 4) is 0 Å². The fourth-order valence-electron chi connectivity index (χ4n) is 2.02. The third-order valence-electron chi connectivity index (χ3n) is 2.85. The van der Waals surface area contributed by atoms with E-state index < -0.39 is 0 Å². The minimum Gasteiger partial charge on any atom is -0.378 e. The maximum atomic E-state index is 5.50. The van der Waals surface area contributed by atoms with Gasteiger partial charge in [-0.3, -0.25) is 0 Å². The largest absolute Gasteiger partial charge is 0.378 e. The molecule has 2 rings (SSSR count). The number of morpholine rings is 1. The van der Waals surface area contributed by atoms with Crippen LogP contribution in [0.15, 0.2) is 11.4 Å². The molecule has 1 aliphatic heterocycles. The Bertz CT molecular complexity index is 307. The second kappa shape index (κ2) is 5.07. The van der Waals surface area contributed by atoms with Crippen molar-refractivity contribution in [3.63, 3.8) is 0 Å². The summed E-state index contributed by atoms with van der Waals surface area (Å²) >= 11 is 1.82. The van der Waals surface area contributed by atoms with E-state index in [2.05, 4.69) is 29.0 Å². The number of thiophene rings is 1. The molecule has 1 aliphatic rings. The molecule has 84 valence electrons. The van der Waals surface area contributed by atoms with Crippen LogP contribution in [0.3, 0.4) is 0 Å². The number of ether oxygens (including phenoxy) is 1. The van der Waals surface area contributed by atoms with Gasteiger partial charge in [-0.05, 0) is 31.0 Å². The van der Waals surface area contributed by atoms with E-state index in [0.717, 1.165) is 19.8 Å². The van der Waals surface area contributed by atoms with Gasteiger partial charge in [0.15, 0.2) is 0 Å². The van der Waals surface area contributed by atoms with Crippen LogP contribution in [0, 0.1) is 6.92 Å². The number of hydrogen-bond donors (Lipinski definition) is 2. The second-order valence-corrected chi connectivity index (χ2v) is 4.82. The maximum absolute atomic E-state index is 5.50. The summed E-state index contributed by atoms with van der Waals surface area (Å²) in [5.74, 6) is 0. The summed E-state index contributed by atoms with van der Waals surface area (Å²) in [5.41, 5.74) is 1.37. The van der Waals surface area contributed by atoms with Crippen molar-refractivity contribution in [1.29, 1.82) is 0 Å². The molecule has 0 amide bonds. The van der Waals surface area contributed by atoms with Crippen molar-refractivity contribution < 1.29 is 4.74 Å². The molecule has 4 heteroatoms. The summed E-state index contributed by atoms with van der Waals surface area (Å²) in [6.07, 6.45) is 0. The minimum atomic E-state index is 0.366. The van der Waals surface area contributed by atoms with Crippen LogP contribution in [0.5, 0.6) is 0 Å². The van der Waals surface area contributed by atoms with Crippen molar-refractivity contribution in [1.82, 2.24) is 10.6 Å². The highest BCUT2D eigenvalue weighted by molar-refractivity contribution is 7.10. The third-order valence-corrected chi connectivity index (χ3v) is 3.95. The third kappa shape index (κ3) is 2.39. The molecule has 2 atom stereocenters. The van der Waals surface area contributed by atoms with Crippen LogP contribution in [0.25, 0.3) is 0 Å². The first-order valence-electron chi connectivity index (χ1n) is 5.35. The molecule has 3 nitrogen and oxygen atoms in total. The van der Waals surface area contributed by atoms with Gasteiger partial charge in [0.05, 0.1) is 25.3 Å². The van der Waals surface area contributed by atoms with Crippen LogP contribution in [0.1, 0.15) is 16.5 Å². The van der Waals surface area contributed by atoms with E-state index >= 15 is 0 Å². The van der Waals surface area contributed by atoms with Crippen LogP contribution in [0.4, 0.5) is 0 Å². The van der Waals surface area contributed by atoms with Crippen LogP contribution in [-0.4, -0.2) is 32.8 Å². The lowest BCUT2D eigenvalue weighted by molar-refractivity contribution is 0.0649. The van der Waals surface area contributed by atoms with E-state index in [4.69, 9.17) is 4.74 Å². The molecule has 1 aromatic heterocycles. The highest BCUT2D eigenvalue weighted by Gasteiger charge is 2.25. The lowest BCUT2D eigenvalue weighted by atomic mass is 10.0. The molecule has 2 N–H and O–H groups in total. The average molecular weight is 226 g/mol. The van der Waals surface area contributed by atoms with Gasteiger partial charge < -0.3 is 15.4 Å². The Kier molecular flexibility index (Phi) is 3.75. The van der Waals surface area contributed by atoms with Gasteiger partial charge in [-0.1, -0.05) is 0 Å². The number of likely N-dealkylation sites (N-methyl/N-ethyl adjacent to an activating group) is 1. The fourth-order valence-corrected chi connectivity index (χ4v) is 3.12. The fraction of sp³-hybridized carbons (Fsp3) is 0.636. The molecule has 0 aliphatic carbocycles. The monoisotopic (exact) mass is 226 g/mol. The zero-order valence-electron chi connectivity index (χ0n) is 9.25. The first-order valence-corrected chi connectivity index (χ1v) is 6.23. The zero-order valence-corrected chi connectivity index (χ0v) is 10.1. The maximum Gasteiger partial charge on any atom is 0.0639 e. The Morgan fingerprint density at radius 3 is 3.07 bits per heavy atom.